The van der Waals surface area contributed by atoms with Gasteiger partial charge in [-0.15, -0.1) is 0 Å². The van der Waals surface area contributed by atoms with Crippen LogP contribution in [0.4, 0.5) is 18.9 Å². The molecule has 1 aromatic rings. The first-order valence-corrected chi connectivity index (χ1v) is 7.85. The SMILES string of the molecule is CS(=O)(=O)C1CCCC1Nc1ccc(F)c(F)c1F. The van der Waals surface area contributed by atoms with Gasteiger partial charge in [-0.3, -0.25) is 0 Å². The maximum Gasteiger partial charge on any atom is 0.196 e. The summed E-state index contributed by atoms with van der Waals surface area (Å²) < 4.78 is 62.5. The monoisotopic (exact) mass is 293 g/mol. The fourth-order valence-electron chi connectivity index (χ4n) is 2.44. The molecule has 1 N–H and O–H groups in total. The summed E-state index contributed by atoms with van der Waals surface area (Å²) in [6.07, 6.45) is 2.86. The van der Waals surface area contributed by atoms with Gasteiger partial charge < -0.3 is 5.32 Å². The molecule has 106 valence electrons. The van der Waals surface area contributed by atoms with E-state index >= 15 is 0 Å². The van der Waals surface area contributed by atoms with Crippen molar-refractivity contribution in [2.24, 2.45) is 0 Å². The molecule has 0 saturated heterocycles. The second-order valence-electron chi connectivity index (χ2n) is 4.77. The lowest BCUT2D eigenvalue weighted by Gasteiger charge is -2.21. The first-order chi connectivity index (χ1) is 8.80. The first-order valence-electron chi connectivity index (χ1n) is 5.89. The van der Waals surface area contributed by atoms with Gasteiger partial charge in [0.25, 0.3) is 0 Å². The summed E-state index contributed by atoms with van der Waals surface area (Å²) in [6, 6.07) is 1.41. The predicted octanol–water partition coefficient (Wildman–Crippen LogP) is 2.48. The second kappa shape index (κ2) is 5.03. The summed E-state index contributed by atoms with van der Waals surface area (Å²) >= 11 is 0. The smallest absolute Gasteiger partial charge is 0.196 e. The zero-order valence-corrected chi connectivity index (χ0v) is 11.1. The Balaban J connectivity index is 2.24. The first kappa shape index (κ1) is 14.2. The lowest BCUT2D eigenvalue weighted by atomic mass is 10.2. The third-order valence-electron chi connectivity index (χ3n) is 3.38. The summed E-state index contributed by atoms with van der Waals surface area (Å²) in [5, 5.41) is 2.05. The molecular formula is C12H14F3NO2S. The van der Waals surface area contributed by atoms with Crippen molar-refractivity contribution in [3.8, 4) is 0 Å². The van der Waals surface area contributed by atoms with Crippen molar-refractivity contribution in [3.63, 3.8) is 0 Å². The van der Waals surface area contributed by atoms with E-state index in [9.17, 15) is 21.6 Å². The molecule has 2 rings (SSSR count). The van der Waals surface area contributed by atoms with E-state index < -0.39 is 38.6 Å². The Labute approximate surface area is 109 Å². The highest BCUT2D eigenvalue weighted by atomic mass is 32.2. The minimum Gasteiger partial charge on any atom is -0.379 e. The van der Waals surface area contributed by atoms with Crippen LogP contribution in [0.3, 0.4) is 0 Å². The molecule has 0 bridgehead atoms. The van der Waals surface area contributed by atoms with Crippen LogP contribution in [-0.2, 0) is 9.84 Å². The molecule has 1 aliphatic rings. The Bertz CT molecular complexity index is 589. The topological polar surface area (TPSA) is 46.2 Å². The van der Waals surface area contributed by atoms with Gasteiger partial charge in [-0.1, -0.05) is 0 Å². The number of benzene rings is 1. The number of hydrogen-bond donors (Lipinski definition) is 1. The molecule has 2 atom stereocenters. The van der Waals surface area contributed by atoms with E-state index in [2.05, 4.69) is 5.32 Å². The van der Waals surface area contributed by atoms with E-state index in [1.165, 1.54) is 0 Å². The van der Waals surface area contributed by atoms with Crippen LogP contribution in [0.25, 0.3) is 0 Å². The predicted molar refractivity (Wildman–Crippen MR) is 66.2 cm³/mol. The van der Waals surface area contributed by atoms with Crippen molar-refractivity contribution in [1.29, 1.82) is 0 Å². The van der Waals surface area contributed by atoms with Crippen molar-refractivity contribution in [2.45, 2.75) is 30.6 Å². The quantitative estimate of drug-likeness (QED) is 0.871. The van der Waals surface area contributed by atoms with E-state index in [1.54, 1.807) is 0 Å². The molecule has 0 heterocycles. The minimum absolute atomic E-state index is 0.209. The third kappa shape index (κ3) is 2.86. The largest absolute Gasteiger partial charge is 0.379 e. The number of hydrogen-bond acceptors (Lipinski definition) is 3. The van der Waals surface area contributed by atoms with Crippen LogP contribution < -0.4 is 5.32 Å². The Morgan fingerprint density at radius 3 is 2.47 bits per heavy atom. The van der Waals surface area contributed by atoms with Crippen LogP contribution in [0.15, 0.2) is 12.1 Å². The van der Waals surface area contributed by atoms with Gasteiger partial charge >= 0.3 is 0 Å². The van der Waals surface area contributed by atoms with Gasteiger partial charge in [0.05, 0.1) is 10.9 Å². The van der Waals surface area contributed by atoms with Crippen LogP contribution >= 0.6 is 0 Å². The van der Waals surface area contributed by atoms with Gasteiger partial charge in [0.15, 0.2) is 27.3 Å². The Morgan fingerprint density at radius 2 is 1.84 bits per heavy atom. The van der Waals surface area contributed by atoms with E-state index in [0.29, 0.717) is 19.3 Å². The average molecular weight is 293 g/mol. The maximum atomic E-state index is 13.5. The molecule has 3 nitrogen and oxygen atoms in total. The van der Waals surface area contributed by atoms with Crippen LogP contribution in [-0.4, -0.2) is 26.0 Å². The highest BCUT2D eigenvalue weighted by Crippen LogP contribution is 2.29. The molecule has 0 aliphatic heterocycles. The standard InChI is InChI=1S/C12H14F3NO2S/c1-19(17,18)10-4-2-3-8(10)16-9-6-5-7(13)11(14)12(9)15/h5-6,8,10,16H,2-4H2,1H3. The molecule has 1 aliphatic carbocycles. The summed E-state index contributed by atoms with van der Waals surface area (Å²) in [7, 11) is -3.26. The summed E-state index contributed by atoms with van der Waals surface area (Å²) in [5.74, 6) is -4.15. The number of halogens is 3. The van der Waals surface area contributed by atoms with Crippen LogP contribution in [0, 0.1) is 17.5 Å². The molecule has 0 aromatic heterocycles. The Hall–Kier alpha value is -1.24. The molecule has 0 spiro atoms. The highest BCUT2D eigenvalue weighted by Gasteiger charge is 2.35. The molecule has 0 radical (unpaired) electrons. The van der Waals surface area contributed by atoms with Crippen molar-refractivity contribution in [1.82, 2.24) is 0 Å². The number of nitrogens with one attached hydrogen (secondary N) is 1. The number of sulfone groups is 1. The summed E-state index contributed by atoms with van der Waals surface area (Å²) in [4.78, 5) is 0. The van der Waals surface area contributed by atoms with Gasteiger partial charge in [0, 0.05) is 12.3 Å². The maximum absolute atomic E-state index is 13.5. The average Bonchev–Trinajstić information content (AvgIpc) is 2.78. The van der Waals surface area contributed by atoms with Crippen molar-refractivity contribution >= 4 is 15.5 Å². The van der Waals surface area contributed by atoms with Crippen molar-refractivity contribution < 1.29 is 21.6 Å². The highest BCUT2D eigenvalue weighted by molar-refractivity contribution is 7.91. The number of anilines is 1. The molecule has 1 saturated carbocycles. The van der Waals surface area contributed by atoms with E-state index in [1.807, 2.05) is 0 Å². The van der Waals surface area contributed by atoms with Gasteiger partial charge in [0.2, 0.25) is 0 Å². The Morgan fingerprint density at radius 1 is 1.16 bits per heavy atom. The molecular weight excluding hydrogens is 279 g/mol. The van der Waals surface area contributed by atoms with Crippen molar-refractivity contribution in [3.05, 3.63) is 29.6 Å². The number of rotatable bonds is 3. The van der Waals surface area contributed by atoms with Crippen LogP contribution in [0.1, 0.15) is 19.3 Å². The summed E-state index contributed by atoms with van der Waals surface area (Å²) in [5.41, 5.74) is -0.209. The van der Waals surface area contributed by atoms with Crippen LogP contribution in [0.5, 0.6) is 0 Å². The van der Waals surface area contributed by atoms with Crippen LogP contribution in [0.2, 0.25) is 0 Å². The molecule has 0 amide bonds. The normalized spacial score (nSPS) is 23.6. The zero-order chi connectivity index (χ0) is 14.2. The zero-order valence-electron chi connectivity index (χ0n) is 10.3. The summed E-state index contributed by atoms with van der Waals surface area (Å²) in [6.45, 7) is 0. The minimum atomic E-state index is -3.26. The van der Waals surface area contributed by atoms with Gasteiger partial charge in [0.1, 0.15) is 0 Å². The third-order valence-corrected chi connectivity index (χ3v) is 5.04. The van der Waals surface area contributed by atoms with Gasteiger partial charge in [-0.05, 0) is 31.4 Å². The van der Waals surface area contributed by atoms with Gasteiger partial charge in [-0.25, -0.2) is 21.6 Å². The fraction of sp³-hybridized carbons (Fsp3) is 0.500. The molecule has 1 aromatic carbocycles. The second-order valence-corrected chi connectivity index (χ2v) is 7.04. The fourth-order valence-corrected chi connectivity index (χ4v) is 3.84. The molecule has 2 unspecified atom stereocenters. The Kier molecular flexibility index (Phi) is 3.75. The lowest BCUT2D eigenvalue weighted by molar-refractivity contribution is 0.448. The van der Waals surface area contributed by atoms with Gasteiger partial charge in [-0.2, -0.15) is 0 Å². The van der Waals surface area contributed by atoms with Crippen molar-refractivity contribution in [2.75, 3.05) is 11.6 Å². The van der Waals surface area contributed by atoms with E-state index in [4.69, 9.17) is 0 Å². The molecule has 1 fully saturated rings. The van der Waals surface area contributed by atoms with E-state index in [0.717, 1.165) is 18.4 Å². The molecule has 7 heteroatoms. The lowest BCUT2D eigenvalue weighted by Crippen LogP contribution is -2.34. The van der Waals surface area contributed by atoms with E-state index in [-0.39, 0.29) is 5.69 Å². The molecule has 19 heavy (non-hydrogen) atoms.